The summed E-state index contributed by atoms with van der Waals surface area (Å²) in [6.07, 6.45) is 0.430. The van der Waals surface area contributed by atoms with Crippen molar-refractivity contribution in [3.05, 3.63) is 148 Å². The highest BCUT2D eigenvalue weighted by Gasteiger charge is 2.28. The number of benzodiazepines with no additional fused rings is 1. The molecule has 9 nitrogen and oxygen atoms in total. The molecule has 10 heteroatoms. The first-order chi connectivity index (χ1) is 21.4. The number of nitrogens with one attached hydrogen (secondary N) is 3. The number of aliphatic imine (C=N–C) groups is 1. The first-order valence-electron chi connectivity index (χ1n) is 13.7. The lowest BCUT2D eigenvalue weighted by Crippen LogP contribution is -2.42. The topological polar surface area (TPSA) is 129 Å². The fourth-order valence-electron chi connectivity index (χ4n) is 4.73. The maximum absolute atomic E-state index is 14.6. The van der Waals surface area contributed by atoms with E-state index in [9.17, 15) is 18.8 Å². The van der Waals surface area contributed by atoms with Gasteiger partial charge in [0.05, 0.1) is 16.9 Å². The van der Waals surface area contributed by atoms with Crippen molar-refractivity contribution in [2.24, 2.45) is 4.99 Å². The number of halogens is 1. The number of aryl methyl sites for hydroxylation is 1. The van der Waals surface area contributed by atoms with Crippen molar-refractivity contribution in [3.8, 4) is 0 Å². The van der Waals surface area contributed by atoms with E-state index in [0.717, 1.165) is 16.3 Å². The number of carbonyl (C=O) groups is 2. The molecule has 0 spiro atoms. The van der Waals surface area contributed by atoms with E-state index in [1.54, 1.807) is 67.7 Å². The molecule has 0 bridgehead atoms. The van der Waals surface area contributed by atoms with Gasteiger partial charge >= 0.3 is 0 Å². The van der Waals surface area contributed by atoms with Gasteiger partial charge in [0.25, 0.3) is 17.4 Å². The van der Waals surface area contributed by atoms with Gasteiger partial charge in [-0.25, -0.2) is 14.4 Å². The Kier molecular flexibility index (Phi) is 7.71. The summed E-state index contributed by atoms with van der Waals surface area (Å²) in [7, 11) is 0. The molecule has 0 saturated heterocycles. The zero-order chi connectivity index (χ0) is 30.6. The third-order valence-electron chi connectivity index (χ3n) is 6.98. The van der Waals surface area contributed by atoms with E-state index in [0.29, 0.717) is 28.2 Å². The normalized spacial score (nSPS) is 14.0. The van der Waals surface area contributed by atoms with Crippen LogP contribution in [-0.2, 0) is 4.79 Å². The standard InChI is InChI=1S/C24H17FN4O2.C10H8N2O/c25-17-10-4-2-8-15(17)21-16-9-3-6-12-19(16)27-24(31)22(28-21)29-23(30)20-13-14-7-1-5-11-18(14)26-20;1-7-10(13)12-9-5-3-2-4-8(9)6-11-7/h1-13,22,26H,(H,27,31)(H,29,30);2-6H,1H3. The monoisotopic (exact) mass is 584 g/mol. The zero-order valence-corrected chi connectivity index (χ0v) is 23.4. The Labute approximate surface area is 250 Å². The Bertz CT molecular complexity index is 2110. The number of para-hydroxylation sites is 3. The molecule has 1 aliphatic rings. The maximum Gasteiger partial charge on any atom is 0.291 e. The molecule has 1 atom stereocenters. The van der Waals surface area contributed by atoms with Crippen LogP contribution in [0.2, 0.25) is 0 Å². The van der Waals surface area contributed by atoms with Crippen molar-refractivity contribution in [1.29, 1.82) is 0 Å². The minimum atomic E-state index is -1.24. The lowest BCUT2D eigenvalue weighted by molar-refractivity contribution is -0.117. The molecule has 6 aromatic rings. The van der Waals surface area contributed by atoms with Crippen molar-refractivity contribution >= 4 is 45.0 Å². The molecule has 2 aromatic heterocycles. The Morgan fingerprint density at radius 3 is 2.32 bits per heavy atom. The van der Waals surface area contributed by atoms with Crippen LogP contribution in [0, 0.1) is 12.7 Å². The summed E-state index contributed by atoms with van der Waals surface area (Å²) in [6.45, 7) is 1.66. The molecule has 0 aliphatic carbocycles. The molecule has 1 unspecified atom stereocenters. The molecule has 44 heavy (non-hydrogen) atoms. The Morgan fingerprint density at radius 2 is 1.52 bits per heavy atom. The van der Waals surface area contributed by atoms with Crippen LogP contribution >= 0.6 is 0 Å². The summed E-state index contributed by atoms with van der Waals surface area (Å²) >= 11 is 0. The van der Waals surface area contributed by atoms with Gasteiger partial charge < -0.3 is 15.6 Å². The highest BCUT2D eigenvalue weighted by atomic mass is 19.1. The van der Waals surface area contributed by atoms with Crippen LogP contribution in [0.4, 0.5) is 10.1 Å². The van der Waals surface area contributed by atoms with Crippen molar-refractivity contribution in [1.82, 2.24) is 20.3 Å². The lowest BCUT2D eigenvalue weighted by Gasteiger charge is -2.13. The highest BCUT2D eigenvalue weighted by Crippen LogP contribution is 2.25. The lowest BCUT2D eigenvalue weighted by atomic mass is 10.0. The van der Waals surface area contributed by atoms with E-state index >= 15 is 0 Å². The van der Waals surface area contributed by atoms with Gasteiger partial charge in [0, 0.05) is 33.6 Å². The number of hydrogen-bond acceptors (Lipinski definition) is 6. The molecule has 0 fully saturated rings. The van der Waals surface area contributed by atoms with E-state index in [1.807, 2.05) is 42.5 Å². The number of fused-ring (bicyclic) bond motifs is 3. The Balaban J connectivity index is 0.000000220. The second kappa shape index (κ2) is 12.1. The number of aromatic nitrogens is 3. The number of benzene rings is 4. The van der Waals surface area contributed by atoms with Gasteiger partial charge in [-0.3, -0.25) is 19.4 Å². The second-order valence-electron chi connectivity index (χ2n) is 9.96. The molecule has 0 saturated carbocycles. The summed E-state index contributed by atoms with van der Waals surface area (Å²) < 4.78 is 14.6. The predicted octanol–water partition coefficient (Wildman–Crippen LogP) is 5.15. The number of hydrogen-bond donors (Lipinski definition) is 3. The van der Waals surface area contributed by atoms with Gasteiger partial charge in [0.1, 0.15) is 17.2 Å². The van der Waals surface area contributed by atoms with Crippen LogP contribution in [0.1, 0.15) is 27.3 Å². The quantitative estimate of drug-likeness (QED) is 0.265. The SMILES string of the molecule is Cc1ncc2ccccc2nc1=O.O=C(NC1N=C(c2ccccc2F)c2ccccc2NC1=O)c1cc2ccccc2[nH]1. The summed E-state index contributed by atoms with van der Waals surface area (Å²) in [5, 5.41) is 7.18. The van der Waals surface area contributed by atoms with Crippen molar-refractivity contribution in [3.63, 3.8) is 0 Å². The van der Waals surface area contributed by atoms with Crippen LogP contribution in [0.25, 0.3) is 21.8 Å². The van der Waals surface area contributed by atoms with Crippen LogP contribution < -0.4 is 16.2 Å². The third kappa shape index (κ3) is 5.82. The number of H-pyrrole nitrogens is 1. The summed E-state index contributed by atoms with van der Waals surface area (Å²) in [6, 6.07) is 29.8. The first kappa shape index (κ1) is 28.1. The molecule has 2 amide bonds. The fraction of sp³-hybridized carbons (Fsp3) is 0.0588. The van der Waals surface area contributed by atoms with Gasteiger partial charge in [-0.2, -0.15) is 0 Å². The van der Waals surface area contributed by atoms with E-state index in [1.165, 1.54) is 6.07 Å². The van der Waals surface area contributed by atoms with Crippen LogP contribution in [0.5, 0.6) is 0 Å². The summed E-state index contributed by atoms with van der Waals surface area (Å²) in [5.74, 6) is -1.46. The van der Waals surface area contributed by atoms with Crippen LogP contribution in [0.3, 0.4) is 0 Å². The molecule has 4 aromatic carbocycles. The molecule has 3 N–H and O–H groups in total. The first-order valence-corrected chi connectivity index (χ1v) is 13.7. The van der Waals surface area contributed by atoms with Crippen LogP contribution in [-0.4, -0.2) is 38.6 Å². The van der Waals surface area contributed by atoms with Crippen molar-refractivity contribution in [2.75, 3.05) is 5.32 Å². The van der Waals surface area contributed by atoms with Gasteiger partial charge in [0.2, 0.25) is 6.17 Å². The minimum Gasteiger partial charge on any atom is -0.351 e. The van der Waals surface area contributed by atoms with Gasteiger partial charge in [-0.1, -0.05) is 66.7 Å². The van der Waals surface area contributed by atoms with Gasteiger partial charge in [-0.05, 0) is 43.3 Å². The maximum atomic E-state index is 14.6. The Morgan fingerprint density at radius 1 is 0.841 bits per heavy atom. The number of aromatic amines is 1. The van der Waals surface area contributed by atoms with Gasteiger partial charge in [0.15, 0.2) is 0 Å². The molecular weight excluding hydrogens is 559 g/mol. The van der Waals surface area contributed by atoms with Crippen molar-refractivity contribution < 1.29 is 14.0 Å². The average Bonchev–Trinajstić information content (AvgIpc) is 3.36. The predicted molar refractivity (Wildman–Crippen MR) is 167 cm³/mol. The van der Waals surface area contributed by atoms with E-state index in [-0.39, 0.29) is 16.8 Å². The third-order valence-corrected chi connectivity index (χ3v) is 6.98. The molecular formula is C34H25FN6O3. The Hall–Kier alpha value is -6.03. The molecule has 216 valence electrons. The number of anilines is 1. The van der Waals surface area contributed by atoms with E-state index < -0.39 is 23.8 Å². The summed E-state index contributed by atoms with van der Waals surface area (Å²) in [4.78, 5) is 52.4. The van der Waals surface area contributed by atoms with E-state index in [2.05, 4.69) is 30.6 Å². The minimum absolute atomic E-state index is 0.247. The van der Waals surface area contributed by atoms with E-state index in [4.69, 9.17) is 0 Å². The largest absolute Gasteiger partial charge is 0.351 e. The van der Waals surface area contributed by atoms with Crippen LogP contribution in [0.15, 0.2) is 119 Å². The number of amides is 2. The molecule has 7 rings (SSSR count). The molecule has 1 aliphatic heterocycles. The van der Waals surface area contributed by atoms with Gasteiger partial charge in [-0.15, -0.1) is 0 Å². The molecule has 3 heterocycles. The second-order valence-corrected chi connectivity index (χ2v) is 9.96. The summed E-state index contributed by atoms with van der Waals surface area (Å²) in [5.41, 5.74) is 3.57. The smallest absolute Gasteiger partial charge is 0.291 e. The van der Waals surface area contributed by atoms with Crippen molar-refractivity contribution in [2.45, 2.75) is 13.1 Å². The zero-order valence-electron chi connectivity index (χ0n) is 23.4. The number of nitrogens with zero attached hydrogens (tertiary/aromatic N) is 3. The highest BCUT2D eigenvalue weighted by molar-refractivity contribution is 6.20. The number of rotatable bonds is 3. The molecule has 0 radical (unpaired) electrons. The number of carbonyl (C=O) groups excluding carboxylic acids is 2. The average molecular weight is 585 g/mol. The fourth-order valence-corrected chi connectivity index (χ4v) is 4.73.